The number of halogens is 1. The van der Waals surface area contributed by atoms with Gasteiger partial charge in [0.25, 0.3) is 11.8 Å². The number of fused-ring (bicyclic) bond motifs is 3. The first-order valence-corrected chi connectivity index (χ1v) is 13.6. The lowest BCUT2D eigenvalue weighted by molar-refractivity contribution is -0.136. The second-order valence-electron chi connectivity index (χ2n) is 10.5. The average molecular weight is 514 g/mol. The van der Waals surface area contributed by atoms with Crippen LogP contribution in [-0.2, 0) is 23.4 Å². The average Bonchev–Trinajstić information content (AvgIpc) is 3.51. The fourth-order valence-electron chi connectivity index (χ4n) is 6.12. The van der Waals surface area contributed by atoms with E-state index in [1.54, 1.807) is 29.4 Å². The van der Waals surface area contributed by atoms with Crippen LogP contribution in [0.2, 0.25) is 0 Å². The van der Waals surface area contributed by atoms with Gasteiger partial charge in [-0.3, -0.25) is 9.59 Å². The number of furan rings is 1. The molecule has 1 atom stereocenters. The summed E-state index contributed by atoms with van der Waals surface area (Å²) in [5.74, 6) is -0.784. The molecular weight excluding hydrogens is 481 g/mol. The zero-order chi connectivity index (χ0) is 26.1. The van der Waals surface area contributed by atoms with Crippen molar-refractivity contribution in [3.05, 3.63) is 95.6 Å². The molecule has 7 heteroatoms. The van der Waals surface area contributed by atoms with Crippen LogP contribution < -0.4 is 5.32 Å². The van der Waals surface area contributed by atoms with Gasteiger partial charge in [0.2, 0.25) is 0 Å². The van der Waals surface area contributed by atoms with E-state index in [0.29, 0.717) is 11.3 Å². The Morgan fingerprint density at radius 2 is 1.68 bits per heavy atom. The minimum absolute atomic E-state index is 0.0613. The van der Waals surface area contributed by atoms with Gasteiger partial charge in [-0.2, -0.15) is 0 Å². The maximum Gasteiger partial charge on any atom is 0.272 e. The van der Waals surface area contributed by atoms with E-state index >= 15 is 0 Å². The molecular formula is C31H32FN3O3. The van der Waals surface area contributed by atoms with Crippen molar-refractivity contribution >= 4 is 22.9 Å². The van der Waals surface area contributed by atoms with Crippen LogP contribution in [0.5, 0.6) is 0 Å². The molecule has 196 valence electrons. The van der Waals surface area contributed by atoms with Crippen molar-refractivity contribution in [2.45, 2.75) is 69.6 Å². The highest BCUT2D eigenvalue weighted by atomic mass is 19.1. The van der Waals surface area contributed by atoms with E-state index in [4.69, 9.17) is 4.42 Å². The molecule has 0 radical (unpaired) electrons. The Hall–Kier alpha value is -3.87. The highest BCUT2D eigenvalue weighted by Crippen LogP contribution is 2.40. The summed E-state index contributed by atoms with van der Waals surface area (Å²) in [6, 6.07) is 19.3. The van der Waals surface area contributed by atoms with E-state index in [-0.39, 0.29) is 36.8 Å². The molecule has 3 heterocycles. The van der Waals surface area contributed by atoms with Gasteiger partial charge in [0.05, 0.1) is 18.3 Å². The summed E-state index contributed by atoms with van der Waals surface area (Å²) in [6.45, 7) is 0.416. The lowest BCUT2D eigenvalue weighted by Gasteiger charge is -2.47. The number of carbonyl (C=O) groups excluding carboxylic acids is 2. The van der Waals surface area contributed by atoms with E-state index in [1.807, 2.05) is 41.0 Å². The van der Waals surface area contributed by atoms with Crippen LogP contribution in [0.3, 0.4) is 0 Å². The fourth-order valence-corrected chi connectivity index (χ4v) is 6.12. The van der Waals surface area contributed by atoms with Crippen LogP contribution in [0.15, 0.2) is 77.4 Å². The first-order valence-electron chi connectivity index (χ1n) is 13.6. The molecule has 2 aromatic heterocycles. The second-order valence-corrected chi connectivity index (χ2v) is 10.5. The zero-order valence-electron chi connectivity index (χ0n) is 21.4. The number of benzene rings is 2. The molecule has 2 aromatic carbocycles. The van der Waals surface area contributed by atoms with Crippen molar-refractivity contribution in [1.29, 1.82) is 0 Å². The molecule has 0 saturated heterocycles. The van der Waals surface area contributed by atoms with Crippen LogP contribution in [0.4, 0.5) is 4.39 Å². The van der Waals surface area contributed by atoms with Gasteiger partial charge < -0.3 is 19.2 Å². The summed E-state index contributed by atoms with van der Waals surface area (Å²) in [4.78, 5) is 30.5. The Morgan fingerprint density at radius 3 is 2.42 bits per heavy atom. The molecule has 1 saturated carbocycles. The molecule has 1 aliphatic carbocycles. The van der Waals surface area contributed by atoms with Crippen LogP contribution in [-0.4, -0.2) is 27.3 Å². The van der Waals surface area contributed by atoms with Crippen LogP contribution >= 0.6 is 0 Å². The maximum absolute atomic E-state index is 14.6. The van der Waals surface area contributed by atoms with Gasteiger partial charge in [-0.05, 0) is 36.1 Å². The molecule has 6 nitrogen and oxygen atoms in total. The van der Waals surface area contributed by atoms with Gasteiger partial charge in [0.1, 0.15) is 11.5 Å². The van der Waals surface area contributed by atoms with Crippen molar-refractivity contribution in [3.63, 3.8) is 0 Å². The number of hydrogen-bond acceptors (Lipinski definition) is 3. The quantitative estimate of drug-likeness (QED) is 0.348. The smallest absolute Gasteiger partial charge is 0.272 e. The normalized spacial score (nSPS) is 20.7. The number of rotatable bonds is 5. The Bertz CT molecular complexity index is 1430. The summed E-state index contributed by atoms with van der Waals surface area (Å²) in [7, 11) is 0. The summed E-state index contributed by atoms with van der Waals surface area (Å²) in [6.07, 6.45) is 9.23. The largest absolute Gasteiger partial charge is 0.463 e. The molecule has 6 rings (SSSR count). The Balaban J connectivity index is 1.49. The third-order valence-corrected chi connectivity index (χ3v) is 8.16. The minimum Gasteiger partial charge on any atom is -0.463 e. The van der Waals surface area contributed by atoms with Gasteiger partial charge in [0.15, 0.2) is 11.1 Å². The lowest BCUT2D eigenvalue weighted by Crippen LogP contribution is -2.64. The fraction of sp³-hybridized carbons (Fsp3) is 0.355. The van der Waals surface area contributed by atoms with E-state index in [1.165, 1.54) is 31.4 Å². The molecule has 1 aliphatic heterocycles. The van der Waals surface area contributed by atoms with Crippen LogP contribution in [0, 0.1) is 5.82 Å². The van der Waals surface area contributed by atoms with Gasteiger partial charge >= 0.3 is 0 Å². The van der Waals surface area contributed by atoms with Crippen molar-refractivity contribution in [3.8, 4) is 0 Å². The zero-order valence-corrected chi connectivity index (χ0v) is 21.4. The molecule has 0 spiro atoms. The second kappa shape index (κ2) is 10.1. The monoisotopic (exact) mass is 513 g/mol. The Kier molecular flexibility index (Phi) is 6.52. The number of carbonyl (C=O) groups is 2. The lowest BCUT2D eigenvalue weighted by atomic mass is 9.83. The van der Waals surface area contributed by atoms with Crippen molar-refractivity contribution < 1.29 is 18.4 Å². The highest BCUT2D eigenvalue weighted by molar-refractivity contribution is 6.03. The SMILES string of the molecule is O=C1c2cc3occc3n2CC(C(=O)NC2CCCCCCC2)(c2ccccc2)N1Cc1ccc(F)cc1. The standard InChI is InChI=1S/C31H32FN3O3/c32-24-15-13-22(14-16-24)20-35-29(36)27-19-28-26(17-18-38-28)34(27)21-31(35,23-9-5-4-6-10-23)30(37)33-25-11-7-2-1-3-8-12-25/h4-6,9-10,13-19,25H,1-3,7-8,11-12,20-21H2,(H,33,37). The van der Waals surface area contributed by atoms with Crippen molar-refractivity contribution in [1.82, 2.24) is 14.8 Å². The van der Waals surface area contributed by atoms with E-state index in [2.05, 4.69) is 5.32 Å². The molecule has 38 heavy (non-hydrogen) atoms. The number of nitrogens with zero attached hydrogens (tertiary/aromatic N) is 2. The van der Waals surface area contributed by atoms with E-state index < -0.39 is 5.54 Å². The van der Waals surface area contributed by atoms with Crippen LogP contribution in [0.25, 0.3) is 11.1 Å². The topological polar surface area (TPSA) is 67.5 Å². The number of amides is 2. The third-order valence-electron chi connectivity index (χ3n) is 8.16. The molecule has 4 aromatic rings. The van der Waals surface area contributed by atoms with Gasteiger partial charge in [0, 0.05) is 24.7 Å². The molecule has 1 fully saturated rings. The molecule has 2 aliphatic rings. The number of nitrogens with one attached hydrogen (secondary N) is 1. The summed E-state index contributed by atoms with van der Waals surface area (Å²) in [5.41, 5.74) is 2.07. The van der Waals surface area contributed by atoms with Crippen LogP contribution in [0.1, 0.15) is 66.6 Å². The predicted octanol–water partition coefficient (Wildman–Crippen LogP) is 6.15. The molecule has 1 unspecified atom stereocenters. The summed E-state index contributed by atoms with van der Waals surface area (Å²) < 4.78 is 21.3. The predicted molar refractivity (Wildman–Crippen MR) is 143 cm³/mol. The van der Waals surface area contributed by atoms with Gasteiger partial charge in [-0.25, -0.2) is 4.39 Å². The van der Waals surface area contributed by atoms with Crippen molar-refractivity contribution in [2.75, 3.05) is 0 Å². The van der Waals surface area contributed by atoms with E-state index in [0.717, 1.165) is 42.3 Å². The minimum atomic E-state index is -1.30. The third kappa shape index (κ3) is 4.30. The van der Waals surface area contributed by atoms with Crippen molar-refractivity contribution in [2.24, 2.45) is 0 Å². The highest BCUT2D eigenvalue weighted by Gasteiger charge is 2.53. The number of aromatic nitrogens is 1. The summed E-state index contributed by atoms with van der Waals surface area (Å²) in [5, 5.41) is 3.38. The molecule has 1 N–H and O–H groups in total. The first kappa shape index (κ1) is 24.5. The number of hydrogen-bond donors (Lipinski definition) is 1. The molecule has 0 bridgehead atoms. The maximum atomic E-state index is 14.6. The van der Waals surface area contributed by atoms with E-state index in [9.17, 15) is 14.0 Å². The van der Waals surface area contributed by atoms with Gasteiger partial charge in [-0.1, -0.05) is 74.6 Å². The first-order chi connectivity index (χ1) is 18.6. The summed E-state index contributed by atoms with van der Waals surface area (Å²) >= 11 is 0. The van der Waals surface area contributed by atoms with Gasteiger partial charge in [-0.15, -0.1) is 0 Å². The Labute approximate surface area is 221 Å². The Morgan fingerprint density at radius 1 is 0.974 bits per heavy atom. The molecule has 2 amide bonds.